The number of benzene rings is 2. The number of aryl methyl sites for hydroxylation is 5. The van der Waals surface area contributed by atoms with Crippen LogP contribution in [-0.4, -0.2) is 0 Å². The molecule has 0 fully saturated rings. The average molecular weight is 302 g/mol. The summed E-state index contributed by atoms with van der Waals surface area (Å²) in [4.78, 5) is 0. The van der Waals surface area contributed by atoms with Gasteiger partial charge in [0.2, 0.25) is 11.2 Å². The van der Waals surface area contributed by atoms with Gasteiger partial charge in [-0.1, -0.05) is 17.7 Å². The van der Waals surface area contributed by atoms with Crippen LogP contribution in [0.3, 0.4) is 0 Å². The number of fused-ring (bicyclic) bond motifs is 3. The maximum Gasteiger partial charge on any atom is 0.213 e. The normalized spacial score (nSPS) is 13.6. The zero-order valence-corrected chi connectivity index (χ0v) is 14.5. The van der Waals surface area contributed by atoms with Crippen molar-refractivity contribution >= 4 is 10.9 Å². The van der Waals surface area contributed by atoms with E-state index in [1.54, 1.807) is 11.1 Å². The summed E-state index contributed by atoms with van der Waals surface area (Å²) in [7, 11) is 2.20. The van der Waals surface area contributed by atoms with E-state index in [-0.39, 0.29) is 0 Å². The van der Waals surface area contributed by atoms with Gasteiger partial charge in [0.05, 0.1) is 0 Å². The number of aromatic nitrogens is 1. The Morgan fingerprint density at radius 2 is 1.74 bits per heavy atom. The van der Waals surface area contributed by atoms with Gasteiger partial charge in [-0.25, -0.2) is 0 Å². The van der Waals surface area contributed by atoms with Crippen LogP contribution in [0.2, 0.25) is 0 Å². The van der Waals surface area contributed by atoms with Crippen LogP contribution in [0.4, 0.5) is 0 Å². The molecular formula is C22H24N+. The fraction of sp³-hybridized carbons (Fsp3) is 0.318. The molecule has 4 rings (SSSR count). The molecule has 0 radical (unpaired) electrons. The molecule has 1 aliphatic carbocycles. The number of nitrogens with zero attached hydrogens (tertiary/aromatic N) is 1. The molecule has 116 valence electrons. The van der Waals surface area contributed by atoms with Crippen molar-refractivity contribution in [3.8, 4) is 11.3 Å². The van der Waals surface area contributed by atoms with Gasteiger partial charge in [-0.3, -0.25) is 0 Å². The predicted molar refractivity (Wildman–Crippen MR) is 96.8 cm³/mol. The average Bonchev–Trinajstić information content (AvgIpc) is 3.00. The highest BCUT2D eigenvalue weighted by Gasteiger charge is 2.21. The smallest absolute Gasteiger partial charge is 0.194 e. The SMILES string of the molecule is Cc1cc(C)c(C)c(-c2ccc3c4c(ccc3[n+]2C)CCC4)c1. The summed E-state index contributed by atoms with van der Waals surface area (Å²) in [6, 6.07) is 13.9. The lowest BCUT2D eigenvalue weighted by Crippen LogP contribution is -2.32. The summed E-state index contributed by atoms with van der Waals surface area (Å²) in [5.74, 6) is 0. The molecule has 0 saturated carbocycles. The lowest BCUT2D eigenvalue weighted by molar-refractivity contribution is -0.633. The van der Waals surface area contributed by atoms with Crippen molar-refractivity contribution in [1.82, 2.24) is 0 Å². The van der Waals surface area contributed by atoms with Crippen molar-refractivity contribution in [2.75, 3.05) is 0 Å². The van der Waals surface area contributed by atoms with Crippen LogP contribution >= 0.6 is 0 Å². The number of hydrogen-bond acceptors (Lipinski definition) is 0. The Labute approximate surface area is 138 Å². The quantitative estimate of drug-likeness (QED) is 0.571. The molecule has 0 N–H and O–H groups in total. The number of pyridine rings is 1. The van der Waals surface area contributed by atoms with Gasteiger partial charge in [-0.15, -0.1) is 0 Å². The van der Waals surface area contributed by atoms with Crippen LogP contribution in [0.15, 0.2) is 36.4 Å². The zero-order valence-electron chi connectivity index (χ0n) is 14.5. The monoisotopic (exact) mass is 302 g/mol. The van der Waals surface area contributed by atoms with Crippen LogP contribution in [0.5, 0.6) is 0 Å². The van der Waals surface area contributed by atoms with E-state index < -0.39 is 0 Å². The molecular weight excluding hydrogens is 278 g/mol. The van der Waals surface area contributed by atoms with Crippen molar-refractivity contribution < 1.29 is 4.57 Å². The van der Waals surface area contributed by atoms with E-state index in [1.165, 1.54) is 58.1 Å². The van der Waals surface area contributed by atoms with Crippen LogP contribution in [0.1, 0.15) is 34.2 Å². The van der Waals surface area contributed by atoms with Gasteiger partial charge in [0, 0.05) is 23.1 Å². The fourth-order valence-corrected chi connectivity index (χ4v) is 4.14. The highest BCUT2D eigenvalue weighted by Crippen LogP contribution is 2.31. The van der Waals surface area contributed by atoms with E-state index >= 15 is 0 Å². The predicted octanol–water partition coefficient (Wildman–Crippen LogP) is 4.75. The minimum atomic E-state index is 1.23. The molecule has 1 heteroatoms. The first-order valence-electron chi connectivity index (χ1n) is 8.58. The Morgan fingerprint density at radius 1 is 0.913 bits per heavy atom. The molecule has 2 aromatic carbocycles. The summed E-state index contributed by atoms with van der Waals surface area (Å²) in [5, 5.41) is 1.44. The molecule has 0 atom stereocenters. The first-order valence-corrected chi connectivity index (χ1v) is 8.58. The summed E-state index contributed by atoms with van der Waals surface area (Å²) in [6.07, 6.45) is 3.78. The van der Waals surface area contributed by atoms with E-state index in [1.807, 2.05) is 0 Å². The third kappa shape index (κ3) is 2.18. The van der Waals surface area contributed by atoms with E-state index in [0.29, 0.717) is 0 Å². The third-order valence-electron chi connectivity index (χ3n) is 5.52. The molecule has 1 aliphatic rings. The summed E-state index contributed by atoms with van der Waals surface area (Å²) in [5.41, 5.74) is 11.2. The lowest BCUT2D eigenvalue weighted by atomic mass is 9.96. The van der Waals surface area contributed by atoms with Gasteiger partial charge in [0.1, 0.15) is 7.05 Å². The molecule has 0 unspecified atom stereocenters. The molecule has 0 aliphatic heterocycles. The third-order valence-corrected chi connectivity index (χ3v) is 5.52. The van der Waals surface area contributed by atoms with E-state index in [9.17, 15) is 0 Å². The van der Waals surface area contributed by atoms with Crippen molar-refractivity contribution in [3.05, 3.63) is 64.2 Å². The zero-order chi connectivity index (χ0) is 16.1. The standard InChI is InChI=1S/C22H24N/c1-14-12-15(2)16(3)20(13-14)22-11-9-19-18-7-5-6-17(18)8-10-21(19)23(22)4/h8-13H,5-7H2,1-4H3/q+1. The summed E-state index contributed by atoms with van der Waals surface area (Å²) in [6.45, 7) is 6.63. The van der Waals surface area contributed by atoms with Gasteiger partial charge in [-0.05, 0) is 74.4 Å². The van der Waals surface area contributed by atoms with Gasteiger partial charge >= 0.3 is 0 Å². The Morgan fingerprint density at radius 3 is 2.57 bits per heavy atom. The molecule has 1 heterocycles. The molecule has 1 aromatic heterocycles. The van der Waals surface area contributed by atoms with Gasteiger partial charge in [0.15, 0.2) is 0 Å². The van der Waals surface area contributed by atoms with Crippen LogP contribution in [-0.2, 0) is 19.9 Å². The maximum atomic E-state index is 2.37. The maximum absolute atomic E-state index is 2.37. The molecule has 1 nitrogen and oxygen atoms in total. The molecule has 0 bridgehead atoms. The van der Waals surface area contributed by atoms with Gasteiger partial charge < -0.3 is 0 Å². The second kappa shape index (κ2) is 5.19. The molecule has 0 amide bonds. The van der Waals surface area contributed by atoms with Crippen LogP contribution in [0.25, 0.3) is 22.2 Å². The molecule has 0 spiro atoms. The number of rotatable bonds is 1. The second-order valence-corrected chi connectivity index (χ2v) is 7.02. The Bertz CT molecular complexity index is 935. The Hall–Kier alpha value is -2.15. The first-order chi connectivity index (χ1) is 11.1. The topological polar surface area (TPSA) is 3.88 Å². The lowest BCUT2D eigenvalue weighted by Gasteiger charge is -2.11. The fourth-order valence-electron chi connectivity index (χ4n) is 4.14. The van der Waals surface area contributed by atoms with Gasteiger partial charge in [-0.2, -0.15) is 4.57 Å². The van der Waals surface area contributed by atoms with E-state index in [4.69, 9.17) is 0 Å². The highest BCUT2D eigenvalue weighted by molar-refractivity contribution is 5.83. The summed E-state index contributed by atoms with van der Waals surface area (Å²) >= 11 is 0. The Balaban J connectivity index is 2.00. The molecule has 23 heavy (non-hydrogen) atoms. The van der Waals surface area contributed by atoms with E-state index in [0.717, 1.165) is 0 Å². The minimum absolute atomic E-state index is 1.23. The first kappa shape index (κ1) is 14.4. The summed E-state index contributed by atoms with van der Waals surface area (Å²) < 4.78 is 2.37. The number of hydrogen-bond donors (Lipinski definition) is 0. The second-order valence-electron chi connectivity index (χ2n) is 7.02. The van der Waals surface area contributed by atoms with Crippen molar-refractivity contribution in [3.63, 3.8) is 0 Å². The van der Waals surface area contributed by atoms with Crippen LogP contribution in [0, 0.1) is 20.8 Å². The van der Waals surface area contributed by atoms with Crippen molar-refractivity contribution in [2.24, 2.45) is 7.05 Å². The highest BCUT2D eigenvalue weighted by atomic mass is 14.9. The van der Waals surface area contributed by atoms with E-state index in [2.05, 4.69) is 68.8 Å². The minimum Gasteiger partial charge on any atom is -0.194 e. The van der Waals surface area contributed by atoms with Crippen molar-refractivity contribution in [1.29, 1.82) is 0 Å². The largest absolute Gasteiger partial charge is 0.213 e. The van der Waals surface area contributed by atoms with Gasteiger partial charge in [0.25, 0.3) is 0 Å². The Kier molecular flexibility index (Phi) is 3.26. The van der Waals surface area contributed by atoms with Crippen LogP contribution < -0.4 is 4.57 Å². The molecule has 0 saturated heterocycles. The molecule has 3 aromatic rings. The van der Waals surface area contributed by atoms with Crippen molar-refractivity contribution in [2.45, 2.75) is 40.0 Å².